The van der Waals surface area contributed by atoms with Gasteiger partial charge in [-0.2, -0.15) is 0 Å². The summed E-state index contributed by atoms with van der Waals surface area (Å²) >= 11 is 1.12. The van der Waals surface area contributed by atoms with Gasteiger partial charge in [0.25, 0.3) is 5.91 Å². The summed E-state index contributed by atoms with van der Waals surface area (Å²) in [5.41, 5.74) is 1.57. The topological polar surface area (TPSA) is 67.8 Å². The summed E-state index contributed by atoms with van der Waals surface area (Å²) in [6.45, 7) is 2.37. The largest absolute Gasteiger partial charge is 0.346 e. The van der Waals surface area contributed by atoms with Gasteiger partial charge in [-0.25, -0.2) is 0 Å². The molecule has 0 aliphatic rings. The van der Waals surface area contributed by atoms with Crippen molar-refractivity contribution in [3.63, 3.8) is 0 Å². The van der Waals surface area contributed by atoms with Crippen LogP contribution in [0.4, 0.5) is 0 Å². The molecule has 0 aromatic carbocycles. The van der Waals surface area contributed by atoms with E-state index in [0.29, 0.717) is 17.8 Å². The van der Waals surface area contributed by atoms with E-state index in [-0.39, 0.29) is 5.91 Å². The van der Waals surface area contributed by atoms with Crippen LogP contribution in [-0.4, -0.2) is 20.5 Å². The summed E-state index contributed by atoms with van der Waals surface area (Å²) in [6, 6.07) is 5.60. The van der Waals surface area contributed by atoms with Gasteiger partial charge >= 0.3 is 0 Å². The second-order valence-electron chi connectivity index (χ2n) is 3.41. The molecule has 0 radical (unpaired) electrons. The van der Waals surface area contributed by atoms with E-state index in [1.54, 1.807) is 6.20 Å². The molecule has 0 bridgehead atoms. The average Bonchev–Trinajstić information content (AvgIpc) is 2.85. The van der Waals surface area contributed by atoms with Gasteiger partial charge in [0.1, 0.15) is 4.88 Å². The third-order valence-corrected chi connectivity index (χ3v) is 3.02. The van der Waals surface area contributed by atoms with Gasteiger partial charge < -0.3 is 5.32 Å². The Kier molecular flexibility index (Phi) is 3.77. The maximum atomic E-state index is 11.9. The Morgan fingerprint density at radius 2 is 2.35 bits per heavy atom. The highest BCUT2D eigenvalue weighted by atomic mass is 32.1. The molecule has 2 rings (SSSR count). The molecular formula is C11H12N4OS. The fraction of sp³-hybridized carbons (Fsp3) is 0.273. The smallest absolute Gasteiger partial charge is 0.265 e. The Bertz CT molecular complexity index is 497. The minimum Gasteiger partial charge on any atom is -0.346 e. The van der Waals surface area contributed by atoms with Gasteiger partial charge in [0.05, 0.1) is 17.9 Å². The molecule has 0 spiro atoms. The molecule has 1 amide bonds. The SMILES string of the molecule is CCc1nnsc1C(=O)NCc1ccccn1. The highest BCUT2D eigenvalue weighted by Crippen LogP contribution is 2.10. The standard InChI is InChI=1S/C11H12N4OS/c1-2-9-10(17-15-14-9)11(16)13-7-8-5-3-4-6-12-8/h3-6H,2,7H2,1H3,(H,13,16). The summed E-state index contributed by atoms with van der Waals surface area (Å²) < 4.78 is 3.78. The van der Waals surface area contributed by atoms with E-state index in [0.717, 1.165) is 22.9 Å². The first-order valence-electron chi connectivity index (χ1n) is 5.30. The number of carbonyl (C=O) groups excluding carboxylic acids is 1. The summed E-state index contributed by atoms with van der Waals surface area (Å²) in [4.78, 5) is 16.6. The number of hydrogen-bond acceptors (Lipinski definition) is 5. The third kappa shape index (κ3) is 2.85. The number of carbonyl (C=O) groups is 1. The van der Waals surface area contributed by atoms with Gasteiger partial charge in [-0.05, 0) is 30.1 Å². The molecule has 0 atom stereocenters. The van der Waals surface area contributed by atoms with Crippen molar-refractivity contribution in [3.8, 4) is 0 Å². The summed E-state index contributed by atoms with van der Waals surface area (Å²) in [5, 5.41) is 6.71. The van der Waals surface area contributed by atoms with Gasteiger partial charge in [0.15, 0.2) is 0 Å². The molecule has 2 aromatic rings. The van der Waals surface area contributed by atoms with E-state index in [1.807, 2.05) is 25.1 Å². The van der Waals surface area contributed by atoms with Crippen molar-refractivity contribution in [3.05, 3.63) is 40.7 Å². The highest BCUT2D eigenvalue weighted by Gasteiger charge is 2.14. The van der Waals surface area contributed by atoms with Crippen molar-refractivity contribution in [1.82, 2.24) is 19.9 Å². The molecule has 0 aliphatic heterocycles. The van der Waals surface area contributed by atoms with Gasteiger partial charge in [-0.15, -0.1) is 5.10 Å². The monoisotopic (exact) mass is 248 g/mol. The molecule has 2 heterocycles. The van der Waals surface area contributed by atoms with Crippen LogP contribution in [0.15, 0.2) is 24.4 Å². The second-order valence-corrected chi connectivity index (χ2v) is 4.16. The molecule has 88 valence electrons. The Labute approximate surface area is 103 Å². The van der Waals surface area contributed by atoms with Crippen LogP contribution in [0.2, 0.25) is 0 Å². The molecule has 1 N–H and O–H groups in total. The fourth-order valence-electron chi connectivity index (χ4n) is 1.37. The van der Waals surface area contributed by atoms with Gasteiger partial charge in [0, 0.05) is 6.20 Å². The minimum atomic E-state index is -0.137. The Morgan fingerprint density at radius 3 is 3.06 bits per heavy atom. The quantitative estimate of drug-likeness (QED) is 0.888. The van der Waals surface area contributed by atoms with E-state index < -0.39 is 0 Å². The molecule has 0 aliphatic carbocycles. The fourth-order valence-corrected chi connectivity index (χ4v) is 2.03. The molecule has 2 aromatic heterocycles. The van der Waals surface area contributed by atoms with E-state index in [9.17, 15) is 4.79 Å². The number of hydrogen-bond donors (Lipinski definition) is 1. The van der Waals surface area contributed by atoms with Crippen LogP contribution in [0.25, 0.3) is 0 Å². The lowest BCUT2D eigenvalue weighted by Gasteiger charge is -2.03. The van der Waals surface area contributed by atoms with E-state index >= 15 is 0 Å². The summed E-state index contributed by atoms with van der Waals surface area (Å²) in [6.07, 6.45) is 2.41. The first-order valence-corrected chi connectivity index (χ1v) is 6.08. The van der Waals surface area contributed by atoms with Crippen molar-refractivity contribution >= 4 is 17.4 Å². The highest BCUT2D eigenvalue weighted by molar-refractivity contribution is 7.08. The van der Waals surface area contributed by atoms with Crippen molar-refractivity contribution in [2.24, 2.45) is 0 Å². The van der Waals surface area contributed by atoms with Crippen LogP contribution in [0.5, 0.6) is 0 Å². The minimum absolute atomic E-state index is 0.137. The summed E-state index contributed by atoms with van der Waals surface area (Å²) in [5.74, 6) is -0.137. The zero-order valence-electron chi connectivity index (χ0n) is 9.38. The maximum Gasteiger partial charge on any atom is 0.265 e. The molecule has 0 fully saturated rings. The third-order valence-electron chi connectivity index (χ3n) is 2.25. The lowest BCUT2D eigenvalue weighted by atomic mass is 10.3. The number of amides is 1. The van der Waals surface area contributed by atoms with Crippen molar-refractivity contribution in [1.29, 1.82) is 0 Å². The van der Waals surface area contributed by atoms with E-state index in [1.165, 1.54) is 0 Å². The predicted octanol–water partition coefficient (Wildman–Crippen LogP) is 1.43. The first-order chi connectivity index (χ1) is 8.31. The molecule has 0 saturated heterocycles. The van der Waals surface area contributed by atoms with E-state index in [4.69, 9.17) is 0 Å². The summed E-state index contributed by atoms with van der Waals surface area (Å²) in [7, 11) is 0. The van der Waals surface area contributed by atoms with Gasteiger partial charge in [0.2, 0.25) is 0 Å². The Balaban J connectivity index is 1.98. The van der Waals surface area contributed by atoms with Crippen LogP contribution in [-0.2, 0) is 13.0 Å². The van der Waals surface area contributed by atoms with Crippen LogP contribution in [0.1, 0.15) is 28.0 Å². The maximum absolute atomic E-state index is 11.9. The Morgan fingerprint density at radius 1 is 1.47 bits per heavy atom. The second kappa shape index (κ2) is 5.49. The number of nitrogens with one attached hydrogen (secondary N) is 1. The molecule has 0 saturated carbocycles. The zero-order chi connectivity index (χ0) is 12.1. The first kappa shape index (κ1) is 11.7. The number of nitrogens with zero attached hydrogens (tertiary/aromatic N) is 3. The number of pyridine rings is 1. The average molecular weight is 248 g/mol. The molecule has 17 heavy (non-hydrogen) atoms. The molecular weight excluding hydrogens is 236 g/mol. The molecule has 5 nitrogen and oxygen atoms in total. The van der Waals surface area contributed by atoms with E-state index in [2.05, 4.69) is 19.9 Å². The Hall–Kier alpha value is -1.82. The number of aromatic nitrogens is 3. The number of aryl methyl sites for hydroxylation is 1. The van der Waals surface area contributed by atoms with Crippen LogP contribution in [0, 0.1) is 0 Å². The zero-order valence-corrected chi connectivity index (χ0v) is 10.2. The molecule has 6 heteroatoms. The van der Waals surface area contributed by atoms with Crippen molar-refractivity contribution in [2.45, 2.75) is 19.9 Å². The normalized spacial score (nSPS) is 10.2. The van der Waals surface area contributed by atoms with Crippen molar-refractivity contribution < 1.29 is 4.79 Å². The van der Waals surface area contributed by atoms with Crippen LogP contribution in [0.3, 0.4) is 0 Å². The predicted molar refractivity (Wildman–Crippen MR) is 64.7 cm³/mol. The lowest BCUT2D eigenvalue weighted by molar-refractivity contribution is 0.0953. The van der Waals surface area contributed by atoms with Crippen LogP contribution < -0.4 is 5.32 Å². The van der Waals surface area contributed by atoms with Crippen LogP contribution >= 0.6 is 11.5 Å². The van der Waals surface area contributed by atoms with Crippen molar-refractivity contribution in [2.75, 3.05) is 0 Å². The van der Waals surface area contributed by atoms with Gasteiger partial charge in [-0.3, -0.25) is 9.78 Å². The molecule has 0 unspecified atom stereocenters. The van der Waals surface area contributed by atoms with Gasteiger partial charge in [-0.1, -0.05) is 17.5 Å². The number of rotatable bonds is 4. The lowest BCUT2D eigenvalue weighted by Crippen LogP contribution is -2.23.